The first-order chi connectivity index (χ1) is 9.16. The highest BCUT2D eigenvalue weighted by Crippen LogP contribution is 2.18. The zero-order valence-corrected chi connectivity index (χ0v) is 12.5. The second-order valence-electron chi connectivity index (χ2n) is 5.50. The van der Waals surface area contributed by atoms with E-state index in [-0.39, 0.29) is 5.38 Å². The van der Waals surface area contributed by atoms with Gasteiger partial charge in [0.2, 0.25) is 0 Å². The number of halogens is 1. The van der Waals surface area contributed by atoms with Crippen LogP contribution in [0.5, 0.6) is 0 Å². The summed E-state index contributed by atoms with van der Waals surface area (Å²) in [5, 5.41) is 6.31. The van der Waals surface area contributed by atoms with E-state index in [0.717, 1.165) is 19.5 Å². The van der Waals surface area contributed by atoms with Gasteiger partial charge >= 0.3 is 0 Å². The summed E-state index contributed by atoms with van der Waals surface area (Å²) in [6.45, 7) is 6.16. The van der Waals surface area contributed by atoms with E-state index < -0.39 is 0 Å². The minimum atomic E-state index is 0.218. The Labute approximate surface area is 121 Å². The minimum absolute atomic E-state index is 0.218. The Hall–Kier alpha value is -1.05. The molecule has 0 heterocycles. The van der Waals surface area contributed by atoms with Crippen LogP contribution in [-0.4, -0.2) is 11.9 Å². The SMILES string of the molecule is CC(C)CC(Cl)CNCc1cccc2ccccc12. The molecule has 1 nitrogen and oxygen atoms in total. The summed E-state index contributed by atoms with van der Waals surface area (Å²) in [6, 6.07) is 15.0. The molecule has 0 aliphatic carbocycles. The van der Waals surface area contributed by atoms with Crippen LogP contribution in [0.15, 0.2) is 42.5 Å². The van der Waals surface area contributed by atoms with Crippen LogP contribution in [0.4, 0.5) is 0 Å². The Bertz CT molecular complexity index is 516. The van der Waals surface area contributed by atoms with Crippen molar-refractivity contribution in [2.75, 3.05) is 6.54 Å². The molecule has 1 atom stereocenters. The van der Waals surface area contributed by atoms with Gasteiger partial charge < -0.3 is 5.32 Å². The molecular formula is C17H22ClN. The van der Waals surface area contributed by atoms with E-state index in [4.69, 9.17) is 11.6 Å². The fourth-order valence-corrected chi connectivity index (χ4v) is 2.87. The van der Waals surface area contributed by atoms with Crippen molar-refractivity contribution in [1.29, 1.82) is 0 Å². The molecule has 2 rings (SSSR count). The molecule has 0 aliphatic rings. The molecule has 19 heavy (non-hydrogen) atoms. The van der Waals surface area contributed by atoms with E-state index in [1.165, 1.54) is 16.3 Å². The summed E-state index contributed by atoms with van der Waals surface area (Å²) < 4.78 is 0. The largest absolute Gasteiger partial charge is 0.311 e. The lowest BCUT2D eigenvalue weighted by Gasteiger charge is -2.13. The fraction of sp³-hybridized carbons (Fsp3) is 0.412. The zero-order chi connectivity index (χ0) is 13.7. The summed E-state index contributed by atoms with van der Waals surface area (Å²) in [6.07, 6.45) is 1.06. The van der Waals surface area contributed by atoms with Crippen LogP contribution in [-0.2, 0) is 6.54 Å². The van der Waals surface area contributed by atoms with Crippen LogP contribution < -0.4 is 5.32 Å². The van der Waals surface area contributed by atoms with Crippen LogP contribution in [0.25, 0.3) is 10.8 Å². The molecule has 0 aromatic heterocycles. The van der Waals surface area contributed by atoms with Crippen molar-refractivity contribution in [3.63, 3.8) is 0 Å². The number of hydrogen-bond donors (Lipinski definition) is 1. The molecule has 0 bridgehead atoms. The summed E-state index contributed by atoms with van der Waals surface area (Å²) in [4.78, 5) is 0. The third-order valence-electron chi connectivity index (χ3n) is 3.29. The number of nitrogens with one attached hydrogen (secondary N) is 1. The van der Waals surface area contributed by atoms with E-state index in [9.17, 15) is 0 Å². The van der Waals surface area contributed by atoms with Gasteiger partial charge in [-0.2, -0.15) is 0 Å². The van der Waals surface area contributed by atoms with Crippen molar-refractivity contribution in [2.24, 2.45) is 5.92 Å². The third-order valence-corrected chi connectivity index (χ3v) is 3.62. The topological polar surface area (TPSA) is 12.0 Å². The fourth-order valence-electron chi connectivity index (χ4n) is 2.40. The molecule has 2 aromatic rings. The van der Waals surface area contributed by atoms with Gasteiger partial charge in [0.05, 0.1) is 0 Å². The predicted molar refractivity (Wildman–Crippen MR) is 84.8 cm³/mol. The second kappa shape index (κ2) is 6.93. The Morgan fingerprint density at radius 1 is 1.05 bits per heavy atom. The van der Waals surface area contributed by atoms with E-state index >= 15 is 0 Å². The average Bonchev–Trinajstić information content (AvgIpc) is 2.38. The highest BCUT2D eigenvalue weighted by atomic mass is 35.5. The maximum atomic E-state index is 6.30. The molecule has 0 saturated heterocycles. The van der Waals surface area contributed by atoms with Crippen LogP contribution in [0.1, 0.15) is 25.8 Å². The Morgan fingerprint density at radius 3 is 2.58 bits per heavy atom. The maximum absolute atomic E-state index is 6.30. The Kier molecular flexibility index (Phi) is 5.24. The summed E-state index contributed by atoms with van der Waals surface area (Å²) >= 11 is 6.30. The number of hydrogen-bond acceptors (Lipinski definition) is 1. The van der Waals surface area contributed by atoms with Crippen LogP contribution in [0.3, 0.4) is 0 Å². The van der Waals surface area contributed by atoms with Gasteiger partial charge in [-0.15, -0.1) is 11.6 Å². The van der Waals surface area contributed by atoms with Gasteiger partial charge in [-0.25, -0.2) is 0 Å². The molecule has 2 aromatic carbocycles. The van der Waals surface area contributed by atoms with Gasteiger partial charge in [0.1, 0.15) is 0 Å². The highest BCUT2D eigenvalue weighted by molar-refractivity contribution is 6.20. The number of fused-ring (bicyclic) bond motifs is 1. The Balaban J connectivity index is 1.95. The lowest BCUT2D eigenvalue weighted by Crippen LogP contribution is -2.24. The van der Waals surface area contributed by atoms with Crippen LogP contribution >= 0.6 is 11.6 Å². The molecule has 2 heteroatoms. The molecular weight excluding hydrogens is 254 g/mol. The first-order valence-corrected chi connectivity index (χ1v) is 7.42. The second-order valence-corrected chi connectivity index (χ2v) is 6.11. The van der Waals surface area contributed by atoms with Gasteiger partial charge in [0, 0.05) is 18.5 Å². The highest BCUT2D eigenvalue weighted by Gasteiger charge is 2.07. The van der Waals surface area contributed by atoms with E-state index in [0.29, 0.717) is 5.92 Å². The molecule has 0 radical (unpaired) electrons. The van der Waals surface area contributed by atoms with Crippen LogP contribution in [0, 0.1) is 5.92 Å². The van der Waals surface area contributed by atoms with Gasteiger partial charge in [-0.3, -0.25) is 0 Å². The molecule has 0 aliphatic heterocycles. The molecule has 102 valence electrons. The van der Waals surface area contributed by atoms with Crippen molar-refractivity contribution in [3.05, 3.63) is 48.0 Å². The van der Waals surface area contributed by atoms with Gasteiger partial charge in [0.15, 0.2) is 0 Å². The summed E-state index contributed by atoms with van der Waals surface area (Å²) in [5.41, 5.74) is 1.34. The molecule has 0 saturated carbocycles. The van der Waals surface area contributed by atoms with Crippen molar-refractivity contribution < 1.29 is 0 Å². The first kappa shape index (κ1) is 14.4. The van der Waals surface area contributed by atoms with E-state index in [1.54, 1.807) is 0 Å². The lowest BCUT2D eigenvalue weighted by molar-refractivity contribution is 0.534. The van der Waals surface area contributed by atoms with Crippen LogP contribution in [0.2, 0.25) is 0 Å². The van der Waals surface area contributed by atoms with Crippen molar-refractivity contribution >= 4 is 22.4 Å². The lowest BCUT2D eigenvalue weighted by atomic mass is 10.0. The summed E-state index contributed by atoms with van der Waals surface area (Å²) in [7, 11) is 0. The number of rotatable bonds is 6. The molecule has 0 fully saturated rings. The van der Waals surface area contributed by atoms with Crippen molar-refractivity contribution in [3.8, 4) is 0 Å². The quantitative estimate of drug-likeness (QED) is 0.761. The monoisotopic (exact) mass is 275 g/mol. The standard InChI is InChI=1S/C17H22ClN/c1-13(2)10-16(18)12-19-11-15-8-5-7-14-6-3-4-9-17(14)15/h3-9,13,16,19H,10-12H2,1-2H3. The smallest absolute Gasteiger partial charge is 0.0463 e. The van der Waals surface area contributed by atoms with E-state index in [2.05, 4.69) is 61.6 Å². The molecule has 1 N–H and O–H groups in total. The molecule has 0 spiro atoms. The maximum Gasteiger partial charge on any atom is 0.0463 e. The average molecular weight is 276 g/mol. The number of benzene rings is 2. The third kappa shape index (κ3) is 4.22. The minimum Gasteiger partial charge on any atom is -0.311 e. The van der Waals surface area contributed by atoms with Crippen molar-refractivity contribution in [1.82, 2.24) is 5.32 Å². The molecule has 0 amide bonds. The predicted octanol–water partition coefficient (Wildman–Crippen LogP) is 4.58. The molecule has 1 unspecified atom stereocenters. The van der Waals surface area contributed by atoms with Gasteiger partial charge in [-0.1, -0.05) is 56.3 Å². The normalized spacial score (nSPS) is 13.1. The van der Waals surface area contributed by atoms with Gasteiger partial charge in [-0.05, 0) is 28.7 Å². The first-order valence-electron chi connectivity index (χ1n) is 6.98. The van der Waals surface area contributed by atoms with E-state index in [1.807, 2.05) is 0 Å². The number of alkyl halides is 1. The van der Waals surface area contributed by atoms with Crippen molar-refractivity contribution in [2.45, 2.75) is 32.2 Å². The van der Waals surface area contributed by atoms with Gasteiger partial charge in [0.25, 0.3) is 0 Å². The zero-order valence-electron chi connectivity index (χ0n) is 11.7. The summed E-state index contributed by atoms with van der Waals surface area (Å²) in [5.74, 6) is 0.654. The Morgan fingerprint density at radius 2 is 1.79 bits per heavy atom.